The maximum Gasteiger partial charge on any atom is 0.269 e. The maximum absolute atomic E-state index is 13.2. The van der Waals surface area contributed by atoms with Crippen LogP contribution in [0.15, 0.2) is 85.1 Å². The minimum atomic E-state index is -0.567. The summed E-state index contributed by atoms with van der Waals surface area (Å²) in [5, 5.41) is 0. The molecule has 0 radical (unpaired) electrons. The van der Waals surface area contributed by atoms with Gasteiger partial charge in [-0.3, -0.25) is 9.69 Å². The summed E-state index contributed by atoms with van der Waals surface area (Å²) >= 11 is 0. The molecule has 0 saturated heterocycles. The third-order valence-corrected chi connectivity index (χ3v) is 4.04. The number of carbonyl (C=O) groups excluding carboxylic acids is 1. The lowest BCUT2D eigenvalue weighted by atomic mass is 10.1. The number of carbonyl (C=O) groups is 1. The Morgan fingerprint density at radius 3 is 2.23 bits per heavy atom. The normalized spacial score (nSPS) is 11.6. The van der Waals surface area contributed by atoms with Crippen molar-refractivity contribution in [1.82, 2.24) is 4.98 Å². The van der Waals surface area contributed by atoms with Crippen molar-refractivity contribution in [3.8, 4) is 5.75 Å². The number of aromatic nitrogens is 1. The van der Waals surface area contributed by atoms with Gasteiger partial charge in [0.1, 0.15) is 11.6 Å². The highest BCUT2D eigenvalue weighted by Gasteiger charge is 2.26. The predicted octanol–water partition coefficient (Wildman–Crippen LogP) is 4.47. The number of para-hydroxylation sites is 1. The van der Waals surface area contributed by atoms with Gasteiger partial charge in [-0.1, -0.05) is 61.5 Å². The van der Waals surface area contributed by atoms with Crippen LogP contribution < -0.4 is 9.64 Å². The van der Waals surface area contributed by atoms with Crippen molar-refractivity contribution in [2.24, 2.45) is 0 Å². The summed E-state index contributed by atoms with van der Waals surface area (Å²) < 4.78 is 5.95. The van der Waals surface area contributed by atoms with Gasteiger partial charge in [0, 0.05) is 6.20 Å². The first kappa shape index (κ1) is 17.7. The average molecular weight is 346 g/mol. The standard InChI is InChI=1S/C22H22N2O2/c1-2-20(26-19-13-7-4-8-14-19)22(25)24(21-15-9-10-16-23-21)17-18-11-5-3-6-12-18/h3-16,20H,2,17H2,1H3/t20-/m0/s1. The minimum absolute atomic E-state index is 0.0982. The molecule has 0 saturated carbocycles. The highest BCUT2D eigenvalue weighted by atomic mass is 16.5. The van der Waals surface area contributed by atoms with E-state index in [1.54, 1.807) is 11.1 Å². The first-order chi connectivity index (χ1) is 12.8. The van der Waals surface area contributed by atoms with Crippen molar-refractivity contribution in [1.29, 1.82) is 0 Å². The van der Waals surface area contributed by atoms with Crippen molar-refractivity contribution in [2.75, 3.05) is 4.90 Å². The van der Waals surface area contributed by atoms with Crippen molar-refractivity contribution in [2.45, 2.75) is 26.0 Å². The van der Waals surface area contributed by atoms with Crippen LogP contribution in [-0.4, -0.2) is 17.0 Å². The van der Waals surface area contributed by atoms with E-state index in [9.17, 15) is 4.79 Å². The Morgan fingerprint density at radius 1 is 0.962 bits per heavy atom. The van der Waals surface area contributed by atoms with E-state index in [1.807, 2.05) is 85.8 Å². The highest BCUT2D eigenvalue weighted by Crippen LogP contribution is 2.19. The molecule has 3 aromatic rings. The SMILES string of the molecule is CC[C@H](Oc1ccccc1)C(=O)N(Cc1ccccc1)c1ccccn1. The van der Waals surface area contributed by atoms with Crippen molar-refractivity contribution in [3.63, 3.8) is 0 Å². The summed E-state index contributed by atoms with van der Waals surface area (Å²) in [4.78, 5) is 19.3. The van der Waals surface area contributed by atoms with Gasteiger partial charge in [-0.05, 0) is 36.2 Å². The van der Waals surface area contributed by atoms with E-state index in [4.69, 9.17) is 4.74 Å². The Balaban J connectivity index is 1.85. The van der Waals surface area contributed by atoms with Gasteiger partial charge in [0.25, 0.3) is 5.91 Å². The zero-order valence-electron chi connectivity index (χ0n) is 14.8. The van der Waals surface area contributed by atoms with E-state index in [0.29, 0.717) is 24.5 Å². The van der Waals surface area contributed by atoms with Crippen molar-refractivity contribution in [3.05, 3.63) is 90.6 Å². The fourth-order valence-corrected chi connectivity index (χ4v) is 2.70. The summed E-state index contributed by atoms with van der Waals surface area (Å²) in [7, 11) is 0. The fraction of sp³-hybridized carbons (Fsp3) is 0.182. The van der Waals surface area contributed by atoms with Gasteiger partial charge in [-0.15, -0.1) is 0 Å². The molecule has 0 aliphatic rings. The van der Waals surface area contributed by atoms with Gasteiger partial charge in [0.15, 0.2) is 6.10 Å². The van der Waals surface area contributed by atoms with Gasteiger partial charge in [0.2, 0.25) is 0 Å². The van der Waals surface area contributed by atoms with E-state index in [2.05, 4.69) is 4.98 Å². The van der Waals surface area contributed by atoms with E-state index >= 15 is 0 Å². The third-order valence-electron chi connectivity index (χ3n) is 4.04. The second-order valence-corrected chi connectivity index (χ2v) is 5.93. The molecule has 0 fully saturated rings. The van der Waals surface area contributed by atoms with Gasteiger partial charge in [0.05, 0.1) is 6.54 Å². The number of anilines is 1. The summed E-state index contributed by atoms with van der Waals surface area (Å²) in [5.74, 6) is 1.21. The van der Waals surface area contributed by atoms with Crippen LogP contribution in [0, 0.1) is 0 Å². The Bertz CT molecular complexity index is 807. The number of amides is 1. The van der Waals surface area contributed by atoms with Crippen LogP contribution in [0.3, 0.4) is 0 Å². The van der Waals surface area contributed by atoms with Gasteiger partial charge in [-0.2, -0.15) is 0 Å². The van der Waals surface area contributed by atoms with Crippen LogP contribution in [0.2, 0.25) is 0 Å². The van der Waals surface area contributed by atoms with Crippen LogP contribution in [0.4, 0.5) is 5.82 Å². The molecular weight excluding hydrogens is 324 g/mol. The molecule has 4 heteroatoms. The van der Waals surface area contributed by atoms with Crippen molar-refractivity contribution < 1.29 is 9.53 Å². The van der Waals surface area contributed by atoms with Crippen molar-refractivity contribution >= 4 is 11.7 Å². The Hall–Kier alpha value is -3.14. The van der Waals surface area contributed by atoms with Gasteiger partial charge < -0.3 is 4.74 Å². The topological polar surface area (TPSA) is 42.4 Å². The number of hydrogen-bond acceptors (Lipinski definition) is 3. The lowest BCUT2D eigenvalue weighted by molar-refractivity contribution is -0.125. The molecule has 1 atom stereocenters. The van der Waals surface area contributed by atoms with Crippen LogP contribution in [-0.2, 0) is 11.3 Å². The molecule has 2 aromatic carbocycles. The molecule has 3 rings (SSSR count). The highest BCUT2D eigenvalue weighted by molar-refractivity contribution is 5.95. The number of hydrogen-bond donors (Lipinski definition) is 0. The number of ether oxygens (including phenoxy) is 1. The third kappa shape index (κ3) is 4.48. The zero-order valence-corrected chi connectivity index (χ0v) is 14.8. The molecule has 1 amide bonds. The lowest BCUT2D eigenvalue weighted by Gasteiger charge is -2.26. The summed E-state index contributed by atoms with van der Waals surface area (Å²) in [6.45, 7) is 2.40. The lowest BCUT2D eigenvalue weighted by Crippen LogP contribution is -2.42. The molecule has 0 spiro atoms. The summed E-state index contributed by atoms with van der Waals surface area (Å²) in [5.41, 5.74) is 1.04. The fourth-order valence-electron chi connectivity index (χ4n) is 2.70. The largest absolute Gasteiger partial charge is 0.481 e. The average Bonchev–Trinajstić information content (AvgIpc) is 2.72. The number of benzene rings is 2. The smallest absolute Gasteiger partial charge is 0.269 e. The second kappa shape index (κ2) is 8.81. The molecule has 0 N–H and O–H groups in total. The number of nitrogens with zero attached hydrogens (tertiary/aromatic N) is 2. The van der Waals surface area contributed by atoms with E-state index < -0.39 is 6.10 Å². The van der Waals surface area contributed by atoms with Gasteiger partial charge in [-0.25, -0.2) is 4.98 Å². The van der Waals surface area contributed by atoms with E-state index in [0.717, 1.165) is 5.56 Å². The van der Waals surface area contributed by atoms with E-state index in [1.165, 1.54) is 0 Å². The van der Waals surface area contributed by atoms with Crippen LogP contribution >= 0.6 is 0 Å². The maximum atomic E-state index is 13.2. The minimum Gasteiger partial charge on any atom is -0.481 e. The number of pyridine rings is 1. The molecule has 4 nitrogen and oxygen atoms in total. The first-order valence-corrected chi connectivity index (χ1v) is 8.76. The zero-order chi connectivity index (χ0) is 18.2. The number of rotatable bonds is 7. The Labute approximate surface area is 154 Å². The van der Waals surface area contributed by atoms with Crippen LogP contribution in [0.1, 0.15) is 18.9 Å². The molecule has 0 aliphatic heterocycles. The van der Waals surface area contributed by atoms with Crippen LogP contribution in [0.5, 0.6) is 5.75 Å². The molecular formula is C22H22N2O2. The molecule has 132 valence electrons. The Morgan fingerprint density at radius 2 is 1.62 bits per heavy atom. The van der Waals surface area contributed by atoms with Gasteiger partial charge >= 0.3 is 0 Å². The summed E-state index contributed by atoms with van der Waals surface area (Å²) in [6, 6.07) is 24.9. The molecule has 0 bridgehead atoms. The predicted molar refractivity (Wildman–Crippen MR) is 103 cm³/mol. The quantitative estimate of drug-likeness (QED) is 0.634. The second-order valence-electron chi connectivity index (χ2n) is 5.93. The Kier molecular flexibility index (Phi) is 5.99. The molecule has 0 aliphatic carbocycles. The monoisotopic (exact) mass is 346 g/mol. The molecule has 26 heavy (non-hydrogen) atoms. The first-order valence-electron chi connectivity index (χ1n) is 8.76. The molecule has 0 unspecified atom stereocenters. The molecule has 1 heterocycles. The van der Waals surface area contributed by atoms with Crippen LogP contribution in [0.25, 0.3) is 0 Å². The summed E-state index contributed by atoms with van der Waals surface area (Å²) in [6.07, 6.45) is 1.70. The molecule has 1 aromatic heterocycles. The van der Waals surface area contributed by atoms with E-state index in [-0.39, 0.29) is 5.91 Å².